The van der Waals surface area contributed by atoms with Crippen LogP contribution in [-0.2, 0) is 9.47 Å². The third kappa shape index (κ3) is 1.51. The fourth-order valence-corrected chi connectivity index (χ4v) is 5.19. The molecule has 1 saturated heterocycles. The first kappa shape index (κ1) is 12.4. The first-order chi connectivity index (χ1) is 7.82. The Balaban J connectivity index is 1.96. The van der Waals surface area contributed by atoms with Crippen molar-refractivity contribution in [3.8, 4) is 0 Å². The Morgan fingerprint density at radius 2 is 1.88 bits per heavy atom. The van der Waals surface area contributed by atoms with Crippen molar-refractivity contribution in [2.24, 2.45) is 17.3 Å². The van der Waals surface area contributed by atoms with E-state index in [1.54, 1.807) is 0 Å². The van der Waals surface area contributed by atoms with Crippen molar-refractivity contribution in [1.29, 1.82) is 0 Å². The molecule has 1 aliphatic heterocycles. The number of ether oxygens (including phenoxy) is 2. The Kier molecular flexibility index (Phi) is 2.55. The Labute approximate surface area is 113 Å². The van der Waals surface area contributed by atoms with Crippen molar-refractivity contribution in [2.45, 2.75) is 64.4 Å². The first-order valence-electron chi connectivity index (χ1n) is 6.76. The molecular weight excluding hydrogens is 280 g/mol. The van der Waals surface area contributed by atoms with Gasteiger partial charge in [-0.1, -0.05) is 29.8 Å². The van der Waals surface area contributed by atoms with E-state index in [2.05, 4.69) is 43.6 Å². The predicted molar refractivity (Wildman–Crippen MR) is 71.2 cm³/mol. The average Bonchev–Trinajstić information content (AvgIpc) is 2.47. The lowest BCUT2D eigenvalue weighted by Crippen LogP contribution is -2.66. The van der Waals surface area contributed by atoms with Crippen LogP contribution in [0.2, 0.25) is 0 Å². The molecule has 4 rings (SSSR count). The lowest BCUT2D eigenvalue weighted by atomic mass is 9.43. The van der Waals surface area contributed by atoms with Crippen molar-refractivity contribution >= 4 is 15.9 Å². The molecule has 4 fully saturated rings. The Bertz CT molecular complexity index is 339. The molecule has 98 valence electrons. The highest BCUT2D eigenvalue weighted by Crippen LogP contribution is 2.67. The zero-order chi connectivity index (χ0) is 12.5. The summed E-state index contributed by atoms with van der Waals surface area (Å²) >= 11 is 3.60. The van der Waals surface area contributed by atoms with E-state index in [1.807, 2.05) is 0 Å². The molecule has 0 aromatic rings. The van der Waals surface area contributed by atoms with Gasteiger partial charge in [-0.25, -0.2) is 0 Å². The minimum atomic E-state index is -0.402. The van der Waals surface area contributed by atoms with Gasteiger partial charge < -0.3 is 9.47 Å². The number of rotatable bonds is 2. The zero-order valence-electron chi connectivity index (χ0n) is 11.3. The number of alkyl halides is 1. The van der Waals surface area contributed by atoms with Crippen LogP contribution in [0.15, 0.2) is 0 Å². The molecule has 0 N–H and O–H groups in total. The highest BCUT2D eigenvalue weighted by atomic mass is 79.9. The third-order valence-electron chi connectivity index (χ3n) is 5.45. The maximum atomic E-state index is 6.41. The molecule has 4 aliphatic rings. The minimum absolute atomic E-state index is 0.0365. The monoisotopic (exact) mass is 302 g/mol. The van der Waals surface area contributed by atoms with Crippen LogP contribution in [0.3, 0.4) is 0 Å². The SMILES string of the molecule is CC1(C)O[C@H]2C[C@@H]3C[C@@H](C3(C)C)[C@@]2(CCBr)O1. The molecule has 3 saturated carbocycles. The maximum absolute atomic E-state index is 6.41. The fourth-order valence-electron chi connectivity index (χ4n) is 4.57. The molecule has 2 bridgehead atoms. The number of hydrogen-bond acceptors (Lipinski definition) is 2. The summed E-state index contributed by atoms with van der Waals surface area (Å²) in [5.41, 5.74) is 0.397. The van der Waals surface area contributed by atoms with E-state index in [9.17, 15) is 0 Å². The highest BCUT2D eigenvalue weighted by molar-refractivity contribution is 9.09. The quantitative estimate of drug-likeness (QED) is 0.724. The third-order valence-corrected chi connectivity index (χ3v) is 5.85. The second-order valence-electron chi connectivity index (χ2n) is 7.04. The van der Waals surface area contributed by atoms with Crippen molar-refractivity contribution in [3.63, 3.8) is 0 Å². The van der Waals surface area contributed by atoms with Gasteiger partial charge in [0.1, 0.15) is 5.60 Å². The molecule has 0 aromatic heterocycles. The van der Waals surface area contributed by atoms with E-state index in [0.29, 0.717) is 17.4 Å². The van der Waals surface area contributed by atoms with Crippen molar-refractivity contribution in [3.05, 3.63) is 0 Å². The standard InChI is InChI=1S/C14H23BrO2/c1-12(2)9-7-10(12)14(5-6-15)11(8-9)16-13(3,4)17-14/h9-11H,5-8H2,1-4H3/t9-,10-,11-,14+/m0/s1. The van der Waals surface area contributed by atoms with Crippen LogP contribution < -0.4 is 0 Å². The van der Waals surface area contributed by atoms with Gasteiger partial charge in [-0.15, -0.1) is 0 Å². The molecule has 4 atom stereocenters. The minimum Gasteiger partial charge on any atom is -0.344 e. The van der Waals surface area contributed by atoms with Gasteiger partial charge in [0.15, 0.2) is 5.79 Å². The van der Waals surface area contributed by atoms with Crippen molar-refractivity contribution in [2.75, 3.05) is 5.33 Å². The summed E-state index contributed by atoms with van der Waals surface area (Å²) in [5.74, 6) is 1.09. The Hall–Kier alpha value is 0.400. The molecule has 0 aromatic carbocycles. The van der Waals surface area contributed by atoms with Gasteiger partial charge in [0.05, 0.1) is 6.10 Å². The molecule has 3 aliphatic carbocycles. The van der Waals surface area contributed by atoms with Crippen LogP contribution in [0.1, 0.15) is 47.0 Å². The second kappa shape index (κ2) is 3.49. The van der Waals surface area contributed by atoms with Crippen molar-refractivity contribution in [1.82, 2.24) is 0 Å². The van der Waals surface area contributed by atoms with Gasteiger partial charge in [-0.2, -0.15) is 0 Å². The molecule has 2 nitrogen and oxygen atoms in total. The van der Waals surface area contributed by atoms with Crippen LogP contribution >= 0.6 is 15.9 Å². The van der Waals surface area contributed by atoms with E-state index < -0.39 is 5.79 Å². The summed E-state index contributed by atoms with van der Waals surface area (Å²) in [7, 11) is 0. The van der Waals surface area contributed by atoms with Gasteiger partial charge in [0.25, 0.3) is 0 Å². The normalized spacial score (nSPS) is 49.6. The molecule has 0 amide bonds. The molecule has 1 heterocycles. The summed E-state index contributed by atoms with van der Waals surface area (Å²) in [6.07, 6.45) is 3.89. The summed E-state index contributed by atoms with van der Waals surface area (Å²) in [4.78, 5) is 0. The molecule has 0 unspecified atom stereocenters. The summed E-state index contributed by atoms with van der Waals surface area (Å²) < 4.78 is 12.6. The van der Waals surface area contributed by atoms with E-state index in [4.69, 9.17) is 9.47 Å². The largest absolute Gasteiger partial charge is 0.344 e. The Morgan fingerprint density at radius 3 is 2.47 bits per heavy atom. The lowest BCUT2D eigenvalue weighted by molar-refractivity contribution is -0.229. The maximum Gasteiger partial charge on any atom is 0.164 e. The van der Waals surface area contributed by atoms with Gasteiger partial charge in [0, 0.05) is 5.33 Å². The van der Waals surface area contributed by atoms with Gasteiger partial charge in [0.2, 0.25) is 0 Å². The van der Waals surface area contributed by atoms with Gasteiger partial charge in [-0.05, 0) is 50.4 Å². The molecule has 0 spiro atoms. The average molecular weight is 303 g/mol. The van der Waals surface area contributed by atoms with Crippen LogP contribution in [0, 0.1) is 17.3 Å². The Morgan fingerprint density at radius 1 is 1.18 bits per heavy atom. The molecule has 17 heavy (non-hydrogen) atoms. The van der Waals surface area contributed by atoms with Gasteiger partial charge in [-0.3, -0.25) is 0 Å². The van der Waals surface area contributed by atoms with Crippen LogP contribution in [0.4, 0.5) is 0 Å². The highest BCUT2D eigenvalue weighted by Gasteiger charge is 2.70. The van der Waals surface area contributed by atoms with Crippen LogP contribution in [-0.4, -0.2) is 22.8 Å². The number of hydrogen-bond donors (Lipinski definition) is 0. The summed E-state index contributed by atoms with van der Waals surface area (Å²) in [6, 6.07) is 0. The van der Waals surface area contributed by atoms with Gasteiger partial charge >= 0.3 is 0 Å². The number of halogens is 1. The zero-order valence-corrected chi connectivity index (χ0v) is 12.8. The fraction of sp³-hybridized carbons (Fsp3) is 1.00. The summed E-state index contributed by atoms with van der Waals surface area (Å²) in [6.45, 7) is 8.94. The van der Waals surface area contributed by atoms with E-state index in [-0.39, 0.29) is 5.60 Å². The smallest absolute Gasteiger partial charge is 0.164 e. The molecular formula is C14H23BrO2. The molecule has 0 radical (unpaired) electrons. The lowest BCUT2D eigenvalue weighted by Gasteiger charge is -2.64. The second-order valence-corrected chi connectivity index (χ2v) is 7.84. The van der Waals surface area contributed by atoms with Crippen molar-refractivity contribution < 1.29 is 9.47 Å². The summed E-state index contributed by atoms with van der Waals surface area (Å²) in [5, 5.41) is 1.00. The van der Waals surface area contributed by atoms with E-state index in [0.717, 1.165) is 17.7 Å². The van der Waals surface area contributed by atoms with E-state index >= 15 is 0 Å². The van der Waals surface area contributed by atoms with Crippen LogP contribution in [0.25, 0.3) is 0 Å². The topological polar surface area (TPSA) is 18.5 Å². The predicted octanol–water partition coefficient (Wildman–Crippen LogP) is 3.73. The van der Waals surface area contributed by atoms with E-state index in [1.165, 1.54) is 12.8 Å². The first-order valence-corrected chi connectivity index (χ1v) is 7.88. The van der Waals surface area contributed by atoms with Crippen LogP contribution in [0.5, 0.6) is 0 Å². The molecule has 3 heteroatoms.